The number of aromatic nitrogens is 2. The number of morpholine rings is 1. The van der Waals surface area contributed by atoms with Gasteiger partial charge in [-0.3, -0.25) is 4.90 Å². The Morgan fingerprint density at radius 3 is 2.30 bits per heavy atom. The number of anilines is 2. The minimum Gasteiger partial charge on any atom is -0.380 e. The van der Waals surface area contributed by atoms with E-state index in [1.807, 2.05) is 6.92 Å². The lowest BCUT2D eigenvalue weighted by Gasteiger charge is -2.35. The van der Waals surface area contributed by atoms with E-state index in [-0.39, 0.29) is 0 Å². The van der Waals surface area contributed by atoms with Gasteiger partial charge in [0.05, 0.1) is 19.8 Å². The third-order valence-corrected chi connectivity index (χ3v) is 4.43. The third kappa shape index (κ3) is 4.53. The van der Waals surface area contributed by atoms with Gasteiger partial charge in [0.2, 0.25) is 0 Å². The van der Waals surface area contributed by atoms with E-state index in [9.17, 15) is 0 Å². The minimum atomic E-state index is 0.776. The van der Waals surface area contributed by atoms with Crippen LogP contribution in [0.25, 0.3) is 0 Å². The molecule has 7 heteroatoms. The van der Waals surface area contributed by atoms with E-state index in [1.54, 1.807) is 6.33 Å². The molecule has 0 N–H and O–H groups in total. The highest BCUT2D eigenvalue weighted by Crippen LogP contribution is 2.19. The van der Waals surface area contributed by atoms with Crippen LogP contribution in [-0.4, -0.2) is 87.1 Å². The van der Waals surface area contributed by atoms with Crippen molar-refractivity contribution in [1.82, 2.24) is 14.9 Å². The van der Waals surface area contributed by atoms with Gasteiger partial charge >= 0.3 is 0 Å². The van der Waals surface area contributed by atoms with Crippen LogP contribution in [0.2, 0.25) is 0 Å². The summed E-state index contributed by atoms with van der Waals surface area (Å²) >= 11 is 0. The molecule has 2 fully saturated rings. The van der Waals surface area contributed by atoms with Gasteiger partial charge in [-0.15, -0.1) is 0 Å². The van der Waals surface area contributed by atoms with Gasteiger partial charge in [-0.05, 0) is 6.92 Å². The maximum Gasteiger partial charge on any atom is 0.134 e. The first-order valence-electron chi connectivity index (χ1n) is 8.56. The molecular weight excluding hydrogens is 294 g/mol. The van der Waals surface area contributed by atoms with Crippen LogP contribution in [0.15, 0.2) is 12.4 Å². The molecule has 0 unspecified atom stereocenters. The first kappa shape index (κ1) is 16.4. The normalized spacial score (nSPS) is 20.0. The zero-order chi connectivity index (χ0) is 15.9. The average Bonchev–Trinajstić information content (AvgIpc) is 2.63. The number of nitrogens with zero attached hydrogens (tertiary/aromatic N) is 5. The Kier molecular flexibility index (Phi) is 6.01. The van der Waals surface area contributed by atoms with Crippen LogP contribution in [0.1, 0.15) is 6.92 Å². The predicted octanol–water partition coefficient (Wildman–Crippen LogP) is 0.472. The van der Waals surface area contributed by atoms with E-state index in [0.29, 0.717) is 0 Å². The van der Waals surface area contributed by atoms with E-state index >= 15 is 0 Å². The van der Waals surface area contributed by atoms with Gasteiger partial charge in [0.25, 0.3) is 0 Å². The summed E-state index contributed by atoms with van der Waals surface area (Å²) in [6.45, 7) is 12.2. The van der Waals surface area contributed by atoms with E-state index in [4.69, 9.17) is 9.47 Å². The zero-order valence-corrected chi connectivity index (χ0v) is 14.0. The third-order valence-electron chi connectivity index (χ3n) is 4.43. The molecule has 0 spiro atoms. The molecule has 23 heavy (non-hydrogen) atoms. The number of piperazine rings is 1. The molecule has 0 atom stereocenters. The van der Waals surface area contributed by atoms with Crippen LogP contribution in [0.5, 0.6) is 0 Å². The zero-order valence-electron chi connectivity index (χ0n) is 14.0. The van der Waals surface area contributed by atoms with Crippen LogP contribution in [0.4, 0.5) is 11.6 Å². The Morgan fingerprint density at radius 1 is 1.00 bits per heavy atom. The Balaban J connectivity index is 1.53. The van der Waals surface area contributed by atoms with Gasteiger partial charge < -0.3 is 19.3 Å². The first-order valence-corrected chi connectivity index (χ1v) is 8.56. The van der Waals surface area contributed by atoms with Gasteiger partial charge in [-0.1, -0.05) is 0 Å². The fraction of sp³-hybridized carbons (Fsp3) is 0.750. The van der Waals surface area contributed by atoms with Crippen molar-refractivity contribution in [2.24, 2.45) is 0 Å². The molecule has 0 bridgehead atoms. The van der Waals surface area contributed by atoms with E-state index in [1.165, 1.54) is 0 Å². The van der Waals surface area contributed by atoms with Crippen molar-refractivity contribution >= 4 is 11.6 Å². The summed E-state index contributed by atoms with van der Waals surface area (Å²) in [7, 11) is 0. The summed E-state index contributed by atoms with van der Waals surface area (Å²) in [5.74, 6) is 2.04. The summed E-state index contributed by atoms with van der Waals surface area (Å²) in [6.07, 6.45) is 1.68. The topological polar surface area (TPSA) is 54.0 Å². The molecule has 1 aromatic rings. The Hall–Kier alpha value is -1.44. The van der Waals surface area contributed by atoms with E-state index in [2.05, 4.69) is 30.7 Å². The summed E-state index contributed by atoms with van der Waals surface area (Å²) in [5.41, 5.74) is 0. The molecule has 128 valence electrons. The fourth-order valence-corrected chi connectivity index (χ4v) is 3.01. The average molecular weight is 321 g/mol. The van der Waals surface area contributed by atoms with Crippen molar-refractivity contribution in [3.05, 3.63) is 12.4 Å². The monoisotopic (exact) mass is 321 g/mol. The van der Waals surface area contributed by atoms with Crippen molar-refractivity contribution in [3.63, 3.8) is 0 Å². The molecule has 0 aliphatic carbocycles. The molecule has 0 saturated carbocycles. The van der Waals surface area contributed by atoms with E-state index in [0.717, 1.165) is 83.9 Å². The Morgan fingerprint density at radius 2 is 1.65 bits per heavy atom. The van der Waals surface area contributed by atoms with Gasteiger partial charge in [-0.2, -0.15) is 0 Å². The standard InChI is InChI=1S/C16H27N5O2/c1-2-22-10-7-19-3-5-20(6-4-19)15-13-16(18-14-17-15)21-8-11-23-12-9-21/h13-14H,2-12H2,1H3. The summed E-state index contributed by atoms with van der Waals surface area (Å²) in [4.78, 5) is 16.0. The highest BCUT2D eigenvalue weighted by atomic mass is 16.5. The van der Waals surface area contributed by atoms with Crippen LogP contribution in [-0.2, 0) is 9.47 Å². The van der Waals surface area contributed by atoms with Crippen LogP contribution >= 0.6 is 0 Å². The van der Waals surface area contributed by atoms with Gasteiger partial charge in [0, 0.05) is 58.5 Å². The highest BCUT2D eigenvalue weighted by Gasteiger charge is 2.19. The number of ether oxygens (including phenoxy) is 2. The lowest BCUT2D eigenvalue weighted by molar-refractivity contribution is 0.111. The molecule has 3 rings (SSSR count). The molecule has 7 nitrogen and oxygen atoms in total. The van der Waals surface area contributed by atoms with Crippen molar-refractivity contribution in [3.8, 4) is 0 Å². The lowest BCUT2D eigenvalue weighted by Crippen LogP contribution is -2.47. The van der Waals surface area contributed by atoms with Crippen molar-refractivity contribution < 1.29 is 9.47 Å². The molecule has 2 aliphatic heterocycles. The maximum absolute atomic E-state index is 5.44. The van der Waals surface area contributed by atoms with Gasteiger partial charge in [0.15, 0.2) is 0 Å². The smallest absolute Gasteiger partial charge is 0.134 e. The lowest BCUT2D eigenvalue weighted by atomic mass is 10.3. The molecule has 1 aromatic heterocycles. The van der Waals surface area contributed by atoms with Gasteiger partial charge in [-0.25, -0.2) is 9.97 Å². The quantitative estimate of drug-likeness (QED) is 0.706. The van der Waals surface area contributed by atoms with Crippen molar-refractivity contribution in [1.29, 1.82) is 0 Å². The molecule has 0 aromatic carbocycles. The van der Waals surface area contributed by atoms with Gasteiger partial charge in [0.1, 0.15) is 18.0 Å². The molecule has 3 heterocycles. The number of rotatable bonds is 6. The maximum atomic E-state index is 5.44. The van der Waals surface area contributed by atoms with Crippen molar-refractivity contribution in [2.75, 3.05) is 82.0 Å². The molecule has 2 aliphatic rings. The van der Waals surface area contributed by atoms with Crippen molar-refractivity contribution in [2.45, 2.75) is 6.92 Å². The summed E-state index contributed by atoms with van der Waals surface area (Å²) in [6, 6.07) is 2.11. The second kappa shape index (κ2) is 8.42. The van der Waals surface area contributed by atoms with Crippen LogP contribution in [0, 0.1) is 0 Å². The Bertz CT molecular complexity index is 473. The molecule has 0 radical (unpaired) electrons. The fourth-order valence-electron chi connectivity index (χ4n) is 3.01. The summed E-state index contributed by atoms with van der Waals surface area (Å²) in [5, 5.41) is 0. The minimum absolute atomic E-state index is 0.776. The molecule has 0 amide bonds. The Labute approximate surface area is 138 Å². The number of hydrogen-bond donors (Lipinski definition) is 0. The second-order valence-electron chi connectivity index (χ2n) is 5.86. The number of hydrogen-bond acceptors (Lipinski definition) is 7. The second-order valence-corrected chi connectivity index (χ2v) is 5.86. The highest BCUT2D eigenvalue weighted by molar-refractivity contribution is 5.50. The SMILES string of the molecule is CCOCCN1CCN(c2cc(N3CCOCC3)ncn2)CC1. The van der Waals surface area contributed by atoms with E-state index < -0.39 is 0 Å². The van der Waals surface area contributed by atoms with Crippen LogP contribution < -0.4 is 9.80 Å². The molecule has 2 saturated heterocycles. The largest absolute Gasteiger partial charge is 0.380 e. The summed E-state index contributed by atoms with van der Waals surface area (Å²) < 4.78 is 10.8. The first-order chi connectivity index (χ1) is 11.4. The predicted molar refractivity (Wildman–Crippen MR) is 90.2 cm³/mol. The van der Waals surface area contributed by atoms with Crippen LogP contribution in [0.3, 0.4) is 0 Å². The molecular formula is C16H27N5O2.